The first-order valence-electron chi connectivity index (χ1n) is 8.41. The Hall–Kier alpha value is -1.71. The largest absolute Gasteiger partial charge is 0.491 e. The van der Waals surface area contributed by atoms with Crippen LogP contribution in [0.15, 0.2) is 24.3 Å². The molecule has 1 saturated heterocycles. The van der Waals surface area contributed by atoms with Crippen LogP contribution in [0, 0.1) is 5.92 Å². The third-order valence-corrected chi connectivity index (χ3v) is 4.06. The average molecular weight is 304 g/mol. The Morgan fingerprint density at radius 2 is 2.14 bits per heavy atom. The van der Waals surface area contributed by atoms with Crippen LogP contribution < -0.4 is 10.1 Å². The number of likely N-dealkylation sites (tertiary alicyclic amines) is 1. The maximum atomic E-state index is 12.6. The lowest BCUT2D eigenvalue weighted by molar-refractivity contribution is 0.160. The predicted molar refractivity (Wildman–Crippen MR) is 90.4 cm³/mol. The Labute approximate surface area is 133 Å². The molecule has 0 bridgehead atoms. The molecule has 1 fully saturated rings. The van der Waals surface area contributed by atoms with E-state index in [9.17, 15) is 4.79 Å². The molecular formula is C18H28N2O2. The lowest BCUT2D eigenvalue weighted by Crippen LogP contribution is -2.45. The first-order valence-corrected chi connectivity index (χ1v) is 8.41. The topological polar surface area (TPSA) is 41.6 Å². The molecule has 1 aromatic rings. The van der Waals surface area contributed by atoms with Crippen LogP contribution in [0.3, 0.4) is 0 Å². The number of carbonyl (C=O) groups is 1. The molecule has 1 aliphatic heterocycles. The monoisotopic (exact) mass is 304 g/mol. The summed E-state index contributed by atoms with van der Waals surface area (Å²) in [6.07, 6.45) is 4.43. The molecule has 4 heteroatoms. The quantitative estimate of drug-likeness (QED) is 0.869. The van der Waals surface area contributed by atoms with E-state index in [1.54, 1.807) is 0 Å². The van der Waals surface area contributed by atoms with Gasteiger partial charge in [-0.3, -0.25) is 0 Å². The molecular weight excluding hydrogens is 276 g/mol. The lowest BCUT2D eigenvalue weighted by Gasteiger charge is -2.35. The van der Waals surface area contributed by atoms with Gasteiger partial charge in [0.1, 0.15) is 5.75 Å². The Balaban J connectivity index is 2.04. The van der Waals surface area contributed by atoms with E-state index in [4.69, 9.17) is 4.74 Å². The van der Waals surface area contributed by atoms with Crippen molar-refractivity contribution >= 4 is 11.7 Å². The van der Waals surface area contributed by atoms with E-state index >= 15 is 0 Å². The van der Waals surface area contributed by atoms with E-state index in [0.29, 0.717) is 18.6 Å². The van der Waals surface area contributed by atoms with Crippen LogP contribution in [0.5, 0.6) is 5.75 Å². The van der Waals surface area contributed by atoms with Crippen molar-refractivity contribution in [1.29, 1.82) is 0 Å². The van der Waals surface area contributed by atoms with Crippen LogP contribution in [-0.4, -0.2) is 30.1 Å². The van der Waals surface area contributed by atoms with Crippen LogP contribution in [0.2, 0.25) is 0 Å². The minimum atomic E-state index is -0.00727. The molecule has 0 unspecified atom stereocenters. The summed E-state index contributed by atoms with van der Waals surface area (Å²) in [5, 5.41) is 3.03. The Bertz CT molecular complexity index is 488. The first-order chi connectivity index (χ1) is 10.6. The summed E-state index contributed by atoms with van der Waals surface area (Å²) in [4.78, 5) is 14.6. The maximum Gasteiger partial charge on any atom is 0.322 e. The number of amides is 2. The zero-order valence-corrected chi connectivity index (χ0v) is 14.0. The van der Waals surface area contributed by atoms with Gasteiger partial charge in [-0.05, 0) is 43.7 Å². The van der Waals surface area contributed by atoms with Crippen molar-refractivity contribution in [2.75, 3.05) is 18.5 Å². The molecule has 2 rings (SSSR count). The summed E-state index contributed by atoms with van der Waals surface area (Å²) >= 11 is 0. The van der Waals surface area contributed by atoms with Gasteiger partial charge in [-0.1, -0.05) is 32.9 Å². The number of nitrogens with one attached hydrogen (secondary N) is 1. The number of hydrogen-bond acceptors (Lipinski definition) is 2. The van der Waals surface area contributed by atoms with Crippen LogP contribution in [-0.2, 0) is 0 Å². The Morgan fingerprint density at radius 3 is 2.86 bits per heavy atom. The van der Waals surface area contributed by atoms with Gasteiger partial charge in [0.2, 0.25) is 0 Å². The number of para-hydroxylation sites is 2. The molecule has 2 amide bonds. The molecule has 0 spiro atoms. The number of carbonyl (C=O) groups excluding carboxylic acids is 1. The molecule has 0 saturated carbocycles. The van der Waals surface area contributed by atoms with E-state index in [1.807, 2.05) is 29.2 Å². The van der Waals surface area contributed by atoms with E-state index < -0.39 is 0 Å². The smallest absolute Gasteiger partial charge is 0.322 e. The minimum Gasteiger partial charge on any atom is -0.491 e. The summed E-state index contributed by atoms with van der Waals surface area (Å²) in [6, 6.07) is 8.01. The molecule has 22 heavy (non-hydrogen) atoms. The van der Waals surface area contributed by atoms with Crippen LogP contribution in [0.25, 0.3) is 0 Å². The highest BCUT2D eigenvalue weighted by Gasteiger charge is 2.25. The van der Waals surface area contributed by atoms with Crippen molar-refractivity contribution in [3.63, 3.8) is 0 Å². The third kappa shape index (κ3) is 4.39. The van der Waals surface area contributed by atoms with Gasteiger partial charge in [-0.25, -0.2) is 4.79 Å². The van der Waals surface area contributed by atoms with Gasteiger partial charge in [-0.15, -0.1) is 0 Å². The molecule has 0 aromatic heterocycles. The van der Waals surface area contributed by atoms with E-state index in [-0.39, 0.29) is 6.03 Å². The highest BCUT2D eigenvalue weighted by Crippen LogP contribution is 2.26. The fourth-order valence-corrected chi connectivity index (χ4v) is 2.83. The van der Waals surface area contributed by atoms with Gasteiger partial charge in [-0.2, -0.15) is 0 Å². The highest BCUT2D eigenvalue weighted by atomic mass is 16.5. The van der Waals surface area contributed by atoms with Crippen molar-refractivity contribution in [3.8, 4) is 5.75 Å². The van der Waals surface area contributed by atoms with Crippen molar-refractivity contribution in [2.24, 2.45) is 5.92 Å². The molecule has 1 N–H and O–H groups in total. The van der Waals surface area contributed by atoms with Crippen LogP contribution >= 0.6 is 0 Å². The maximum absolute atomic E-state index is 12.6. The van der Waals surface area contributed by atoms with E-state index in [1.165, 1.54) is 6.42 Å². The van der Waals surface area contributed by atoms with Gasteiger partial charge >= 0.3 is 6.03 Å². The van der Waals surface area contributed by atoms with Gasteiger partial charge in [0.15, 0.2) is 0 Å². The van der Waals surface area contributed by atoms with Crippen molar-refractivity contribution < 1.29 is 9.53 Å². The zero-order chi connectivity index (χ0) is 15.9. The molecule has 4 nitrogen and oxygen atoms in total. The van der Waals surface area contributed by atoms with Crippen molar-refractivity contribution in [1.82, 2.24) is 4.90 Å². The number of rotatable bonds is 5. The second-order valence-electron chi connectivity index (χ2n) is 6.38. The molecule has 122 valence electrons. The molecule has 0 aliphatic carbocycles. The Morgan fingerprint density at radius 1 is 1.36 bits per heavy atom. The molecule has 1 atom stereocenters. The number of urea groups is 1. The average Bonchev–Trinajstić information content (AvgIpc) is 2.53. The summed E-state index contributed by atoms with van der Waals surface area (Å²) in [5.74, 6) is 1.20. The van der Waals surface area contributed by atoms with Crippen molar-refractivity contribution in [2.45, 2.75) is 52.5 Å². The lowest BCUT2D eigenvalue weighted by atomic mass is 10.0. The highest BCUT2D eigenvalue weighted by molar-refractivity contribution is 5.91. The number of anilines is 1. The molecule has 1 aromatic carbocycles. The second kappa shape index (κ2) is 8.06. The fraction of sp³-hybridized carbons (Fsp3) is 0.611. The van der Waals surface area contributed by atoms with E-state index in [0.717, 1.165) is 37.2 Å². The first kappa shape index (κ1) is 16.7. The van der Waals surface area contributed by atoms with Gasteiger partial charge in [0.25, 0.3) is 0 Å². The zero-order valence-electron chi connectivity index (χ0n) is 14.0. The van der Waals surface area contributed by atoms with Gasteiger partial charge in [0, 0.05) is 12.6 Å². The number of piperidine rings is 1. The summed E-state index contributed by atoms with van der Waals surface area (Å²) in [6.45, 7) is 7.87. The third-order valence-electron chi connectivity index (χ3n) is 4.06. The normalized spacial score (nSPS) is 18.4. The molecule has 1 aliphatic rings. The van der Waals surface area contributed by atoms with Gasteiger partial charge < -0.3 is 15.0 Å². The summed E-state index contributed by atoms with van der Waals surface area (Å²) in [5.41, 5.74) is 0.758. The molecule has 0 radical (unpaired) electrons. The summed E-state index contributed by atoms with van der Waals surface area (Å²) < 4.78 is 5.81. The second-order valence-corrected chi connectivity index (χ2v) is 6.38. The number of hydrogen-bond donors (Lipinski definition) is 1. The summed E-state index contributed by atoms with van der Waals surface area (Å²) in [7, 11) is 0. The van der Waals surface area contributed by atoms with Gasteiger partial charge in [0.05, 0.1) is 12.3 Å². The standard InChI is InChI=1S/C18H28N2O2/c1-4-15-9-7-8-12-20(15)18(21)19-16-10-5-6-11-17(16)22-13-14(2)3/h5-6,10-11,14-15H,4,7-9,12-13H2,1-3H3,(H,19,21)/t15-/m1/s1. The molecule has 1 heterocycles. The van der Waals surface area contributed by atoms with Crippen LogP contribution in [0.4, 0.5) is 10.5 Å². The van der Waals surface area contributed by atoms with Crippen LogP contribution in [0.1, 0.15) is 46.5 Å². The predicted octanol–water partition coefficient (Wildman–Crippen LogP) is 4.52. The SMILES string of the molecule is CC[C@@H]1CCCCN1C(=O)Nc1ccccc1OCC(C)C. The van der Waals surface area contributed by atoms with Crippen molar-refractivity contribution in [3.05, 3.63) is 24.3 Å². The minimum absolute atomic E-state index is 0.00727. The number of benzene rings is 1. The van der Waals surface area contributed by atoms with E-state index in [2.05, 4.69) is 26.1 Å². The fourth-order valence-electron chi connectivity index (χ4n) is 2.83. The number of ether oxygens (including phenoxy) is 1. The Kier molecular flexibility index (Phi) is 6.10. The number of nitrogens with zero attached hydrogens (tertiary/aromatic N) is 1.